The van der Waals surface area contributed by atoms with E-state index in [1.54, 1.807) is 7.11 Å². The molecular weight excluding hydrogens is 228 g/mol. The number of likely N-dealkylation sites (tertiary alicyclic amines) is 1. The van der Waals surface area contributed by atoms with Crippen LogP contribution in [0.25, 0.3) is 0 Å². The minimum absolute atomic E-state index is 0.129. The maximum Gasteiger partial charge on any atom is 0.222 e. The van der Waals surface area contributed by atoms with Crippen molar-refractivity contribution in [3.8, 4) is 0 Å². The quantitative estimate of drug-likeness (QED) is 0.779. The summed E-state index contributed by atoms with van der Waals surface area (Å²) < 4.78 is 4.92. The van der Waals surface area contributed by atoms with Gasteiger partial charge >= 0.3 is 0 Å². The van der Waals surface area contributed by atoms with Crippen LogP contribution in [0.2, 0.25) is 0 Å². The second-order valence-corrected chi connectivity index (χ2v) is 5.71. The summed E-state index contributed by atoms with van der Waals surface area (Å²) in [5.74, 6) is 1.04. The van der Waals surface area contributed by atoms with Crippen molar-refractivity contribution in [2.45, 2.75) is 44.6 Å². The van der Waals surface area contributed by atoms with Crippen molar-refractivity contribution in [3.63, 3.8) is 0 Å². The lowest BCUT2D eigenvalue weighted by Gasteiger charge is -2.20. The van der Waals surface area contributed by atoms with Crippen molar-refractivity contribution in [1.82, 2.24) is 10.2 Å². The smallest absolute Gasteiger partial charge is 0.222 e. The predicted octanol–water partition coefficient (Wildman–Crippen LogP) is 1.40. The number of nitrogens with one attached hydrogen (secondary N) is 1. The van der Waals surface area contributed by atoms with Gasteiger partial charge in [-0.15, -0.1) is 0 Å². The Hall–Kier alpha value is -0.610. The molecule has 1 amide bonds. The molecule has 1 aliphatic heterocycles. The third kappa shape index (κ3) is 4.25. The Morgan fingerprint density at radius 1 is 1.33 bits per heavy atom. The second kappa shape index (κ2) is 7.10. The Morgan fingerprint density at radius 3 is 2.83 bits per heavy atom. The van der Waals surface area contributed by atoms with E-state index in [-0.39, 0.29) is 5.91 Å². The molecule has 2 fully saturated rings. The fraction of sp³-hybridized carbons (Fsp3) is 0.929. The lowest BCUT2D eigenvalue weighted by Crippen LogP contribution is -2.38. The van der Waals surface area contributed by atoms with Gasteiger partial charge in [0.2, 0.25) is 5.91 Å². The molecule has 1 N–H and O–H groups in total. The van der Waals surface area contributed by atoms with E-state index in [1.165, 1.54) is 32.2 Å². The minimum atomic E-state index is 0.129. The molecule has 104 valence electrons. The summed E-state index contributed by atoms with van der Waals surface area (Å²) in [7, 11) is 1.63. The highest BCUT2D eigenvalue weighted by atomic mass is 16.5. The van der Waals surface area contributed by atoms with Crippen molar-refractivity contribution < 1.29 is 9.53 Å². The van der Waals surface area contributed by atoms with Crippen LogP contribution in [0.4, 0.5) is 0 Å². The fourth-order valence-electron chi connectivity index (χ4n) is 3.17. The molecule has 1 atom stereocenters. The van der Waals surface area contributed by atoms with Gasteiger partial charge in [-0.3, -0.25) is 4.79 Å². The number of nitrogens with zero attached hydrogens (tertiary/aromatic N) is 1. The SMILES string of the molecule is COCCC(=O)N[C@@H]1CCN(CC2CCCC2)C1. The van der Waals surface area contributed by atoms with Gasteiger partial charge < -0.3 is 15.0 Å². The molecule has 1 aliphatic carbocycles. The topological polar surface area (TPSA) is 41.6 Å². The molecule has 2 aliphatic rings. The number of ether oxygens (including phenoxy) is 1. The first kappa shape index (κ1) is 13.8. The van der Waals surface area contributed by atoms with E-state index in [0.717, 1.165) is 25.4 Å². The van der Waals surface area contributed by atoms with Gasteiger partial charge in [-0.25, -0.2) is 0 Å². The van der Waals surface area contributed by atoms with E-state index in [1.807, 2.05) is 0 Å². The maximum atomic E-state index is 11.6. The molecule has 0 aromatic rings. The molecule has 1 heterocycles. The number of amides is 1. The average Bonchev–Trinajstić information content (AvgIpc) is 2.99. The molecule has 0 spiro atoms. The minimum Gasteiger partial charge on any atom is -0.384 e. The number of hydrogen-bond acceptors (Lipinski definition) is 3. The van der Waals surface area contributed by atoms with Gasteiger partial charge in [-0.05, 0) is 25.2 Å². The Bertz CT molecular complexity index is 265. The summed E-state index contributed by atoms with van der Waals surface area (Å²) >= 11 is 0. The Labute approximate surface area is 110 Å². The molecule has 2 rings (SSSR count). The van der Waals surface area contributed by atoms with Gasteiger partial charge in [0, 0.05) is 39.2 Å². The number of rotatable bonds is 6. The van der Waals surface area contributed by atoms with Crippen LogP contribution in [0.1, 0.15) is 38.5 Å². The largest absolute Gasteiger partial charge is 0.384 e. The molecule has 1 saturated carbocycles. The summed E-state index contributed by atoms with van der Waals surface area (Å²) in [6.07, 6.45) is 7.22. The highest BCUT2D eigenvalue weighted by molar-refractivity contribution is 5.76. The van der Waals surface area contributed by atoms with Crippen LogP contribution >= 0.6 is 0 Å². The predicted molar refractivity (Wildman–Crippen MR) is 71.4 cm³/mol. The third-order valence-corrected chi connectivity index (χ3v) is 4.16. The normalized spacial score (nSPS) is 25.7. The van der Waals surface area contributed by atoms with E-state index < -0.39 is 0 Å². The number of carbonyl (C=O) groups excluding carboxylic acids is 1. The van der Waals surface area contributed by atoms with Crippen LogP contribution in [0.15, 0.2) is 0 Å². The molecule has 0 bridgehead atoms. The molecule has 0 aromatic heterocycles. The molecule has 4 heteroatoms. The zero-order valence-electron chi connectivity index (χ0n) is 11.5. The van der Waals surface area contributed by atoms with E-state index in [4.69, 9.17) is 4.74 Å². The lowest BCUT2D eigenvalue weighted by molar-refractivity contribution is -0.122. The molecule has 18 heavy (non-hydrogen) atoms. The van der Waals surface area contributed by atoms with Crippen LogP contribution in [-0.2, 0) is 9.53 Å². The van der Waals surface area contributed by atoms with Crippen molar-refractivity contribution in [1.29, 1.82) is 0 Å². The van der Waals surface area contributed by atoms with Gasteiger partial charge in [0.15, 0.2) is 0 Å². The summed E-state index contributed by atoms with van der Waals surface area (Å²) in [6, 6.07) is 0.357. The molecule has 0 radical (unpaired) electrons. The first-order valence-corrected chi connectivity index (χ1v) is 7.28. The zero-order chi connectivity index (χ0) is 12.8. The van der Waals surface area contributed by atoms with Crippen molar-refractivity contribution in [2.24, 2.45) is 5.92 Å². The van der Waals surface area contributed by atoms with Gasteiger partial charge in [0.25, 0.3) is 0 Å². The molecule has 4 nitrogen and oxygen atoms in total. The van der Waals surface area contributed by atoms with E-state index >= 15 is 0 Å². The summed E-state index contributed by atoms with van der Waals surface area (Å²) in [4.78, 5) is 14.1. The van der Waals surface area contributed by atoms with E-state index in [0.29, 0.717) is 19.1 Å². The third-order valence-electron chi connectivity index (χ3n) is 4.16. The summed E-state index contributed by atoms with van der Waals surface area (Å²) in [6.45, 7) is 3.94. The van der Waals surface area contributed by atoms with Gasteiger partial charge in [-0.1, -0.05) is 12.8 Å². The standard InChI is InChI=1S/C14H26N2O2/c1-18-9-7-14(17)15-13-6-8-16(11-13)10-12-4-2-3-5-12/h12-13H,2-11H2,1H3,(H,15,17)/t13-/m1/s1. The van der Waals surface area contributed by atoms with Gasteiger partial charge in [-0.2, -0.15) is 0 Å². The summed E-state index contributed by atoms with van der Waals surface area (Å²) in [5, 5.41) is 3.11. The van der Waals surface area contributed by atoms with Gasteiger partial charge in [0.1, 0.15) is 0 Å². The lowest BCUT2D eigenvalue weighted by atomic mass is 10.1. The first-order valence-electron chi connectivity index (χ1n) is 7.28. The Morgan fingerprint density at radius 2 is 2.11 bits per heavy atom. The van der Waals surface area contributed by atoms with Crippen molar-refractivity contribution in [3.05, 3.63) is 0 Å². The Balaban J connectivity index is 1.63. The second-order valence-electron chi connectivity index (χ2n) is 5.71. The van der Waals surface area contributed by atoms with Crippen LogP contribution in [-0.4, -0.2) is 50.2 Å². The van der Waals surface area contributed by atoms with Crippen molar-refractivity contribution in [2.75, 3.05) is 33.4 Å². The summed E-state index contributed by atoms with van der Waals surface area (Å²) in [5.41, 5.74) is 0. The highest BCUT2D eigenvalue weighted by Gasteiger charge is 2.26. The monoisotopic (exact) mass is 254 g/mol. The molecule has 0 aromatic carbocycles. The van der Waals surface area contributed by atoms with Gasteiger partial charge in [0.05, 0.1) is 6.61 Å². The number of hydrogen-bond donors (Lipinski definition) is 1. The van der Waals surface area contributed by atoms with Crippen molar-refractivity contribution >= 4 is 5.91 Å². The Kier molecular flexibility index (Phi) is 5.45. The number of carbonyl (C=O) groups is 1. The number of methoxy groups -OCH3 is 1. The highest BCUT2D eigenvalue weighted by Crippen LogP contribution is 2.26. The van der Waals surface area contributed by atoms with Crippen LogP contribution in [0, 0.1) is 5.92 Å². The zero-order valence-corrected chi connectivity index (χ0v) is 11.5. The van der Waals surface area contributed by atoms with Crippen LogP contribution in [0.5, 0.6) is 0 Å². The molecule has 1 saturated heterocycles. The average molecular weight is 254 g/mol. The maximum absolute atomic E-state index is 11.6. The van der Waals surface area contributed by atoms with Crippen LogP contribution < -0.4 is 5.32 Å². The first-order chi connectivity index (χ1) is 8.78. The van der Waals surface area contributed by atoms with E-state index in [2.05, 4.69) is 10.2 Å². The molecule has 0 unspecified atom stereocenters. The fourth-order valence-corrected chi connectivity index (χ4v) is 3.17. The molecular formula is C14H26N2O2. The van der Waals surface area contributed by atoms with Crippen LogP contribution in [0.3, 0.4) is 0 Å². The van der Waals surface area contributed by atoms with E-state index in [9.17, 15) is 4.79 Å².